The van der Waals surface area contributed by atoms with Gasteiger partial charge in [-0.3, -0.25) is 4.90 Å². The van der Waals surface area contributed by atoms with E-state index in [9.17, 15) is 4.79 Å². The van der Waals surface area contributed by atoms with Gasteiger partial charge in [-0.2, -0.15) is 0 Å². The maximum Gasteiger partial charge on any atom is 0.410 e. The lowest BCUT2D eigenvalue weighted by atomic mass is 10.0. The summed E-state index contributed by atoms with van der Waals surface area (Å²) in [6, 6.07) is 1.75. The van der Waals surface area contributed by atoms with Crippen molar-refractivity contribution >= 4 is 6.09 Å². The molecule has 3 fully saturated rings. The number of carbonyl (C=O) groups excluding carboxylic acids is 1. The molecule has 3 rings (SSSR count). The van der Waals surface area contributed by atoms with E-state index < -0.39 is 0 Å². The molecular formula is C13H22N2O2. The fourth-order valence-electron chi connectivity index (χ4n) is 3.65. The molecule has 4 nitrogen and oxygen atoms in total. The largest absolute Gasteiger partial charge is 0.444 e. The second-order valence-corrected chi connectivity index (χ2v) is 6.56. The summed E-state index contributed by atoms with van der Waals surface area (Å²) in [5.74, 6) is 0. The smallest absolute Gasteiger partial charge is 0.410 e. The zero-order valence-electron chi connectivity index (χ0n) is 10.9. The van der Waals surface area contributed by atoms with E-state index in [1.807, 2.05) is 25.7 Å². The highest BCUT2D eigenvalue weighted by Gasteiger charge is 2.53. The van der Waals surface area contributed by atoms with Crippen molar-refractivity contribution in [2.45, 2.75) is 76.2 Å². The summed E-state index contributed by atoms with van der Waals surface area (Å²) < 4.78 is 5.54. The lowest BCUT2D eigenvalue weighted by Crippen LogP contribution is -2.60. The van der Waals surface area contributed by atoms with Crippen LogP contribution in [0.4, 0.5) is 4.79 Å². The number of ether oxygens (including phenoxy) is 1. The third-order valence-corrected chi connectivity index (χ3v) is 4.22. The van der Waals surface area contributed by atoms with E-state index in [0.717, 1.165) is 12.8 Å². The molecule has 0 aromatic rings. The minimum Gasteiger partial charge on any atom is -0.444 e. The zero-order valence-corrected chi connectivity index (χ0v) is 10.9. The molecule has 3 heterocycles. The molecular weight excluding hydrogens is 216 g/mol. The molecule has 3 aliphatic heterocycles. The van der Waals surface area contributed by atoms with Crippen LogP contribution in [0.2, 0.25) is 0 Å². The summed E-state index contributed by atoms with van der Waals surface area (Å²) in [4.78, 5) is 14.3. The van der Waals surface area contributed by atoms with Gasteiger partial charge in [0, 0.05) is 12.1 Å². The molecule has 0 unspecified atom stereocenters. The number of carbonyl (C=O) groups is 1. The maximum atomic E-state index is 12.3. The highest BCUT2D eigenvalue weighted by atomic mass is 16.6. The van der Waals surface area contributed by atoms with Gasteiger partial charge < -0.3 is 10.1 Å². The average Bonchev–Trinajstić information content (AvgIpc) is 2.69. The first-order valence-corrected chi connectivity index (χ1v) is 6.73. The molecule has 4 heteroatoms. The number of fused-ring (bicyclic) bond motifs is 6. The molecule has 4 bridgehead atoms. The van der Waals surface area contributed by atoms with E-state index in [-0.39, 0.29) is 11.7 Å². The molecule has 0 spiro atoms. The second-order valence-electron chi connectivity index (χ2n) is 6.56. The summed E-state index contributed by atoms with van der Waals surface area (Å²) in [5.41, 5.74) is -0.388. The van der Waals surface area contributed by atoms with E-state index in [1.54, 1.807) is 0 Å². The Morgan fingerprint density at radius 3 is 2.12 bits per heavy atom. The molecule has 0 aromatic heterocycles. The van der Waals surface area contributed by atoms with Crippen LogP contribution in [0.15, 0.2) is 0 Å². The Kier molecular flexibility index (Phi) is 2.41. The number of piperazine rings is 1. The normalized spacial score (nSPS) is 39.6. The first kappa shape index (κ1) is 11.3. The van der Waals surface area contributed by atoms with Crippen molar-refractivity contribution in [3.05, 3.63) is 0 Å². The van der Waals surface area contributed by atoms with Crippen LogP contribution in [-0.2, 0) is 4.74 Å². The minimum absolute atomic E-state index is 0.108. The van der Waals surface area contributed by atoms with Gasteiger partial charge in [0.25, 0.3) is 0 Å². The fourth-order valence-corrected chi connectivity index (χ4v) is 3.65. The quantitative estimate of drug-likeness (QED) is 0.700. The predicted molar refractivity (Wildman–Crippen MR) is 64.8 cm³/mol. The van der Waals surface area contributed by atoms with Crippen LogP contribution in [0.5, 0.6) is 0 Å². The van der Waals surface area contributed by atoms with Crippen LogP contribution in [-0.4, -0.2) is 40.8 Å². The molecule has 0 saturated carbocycles. The zero-order chi connectivity index (χ0) is 12.2. The van der Waals surface area contributed by atoms with Crippen molar-refractivity contribution in [1.29, 1.82) is 0 Å². The second kappa shape index (κ2) is 3.61. The van der Waals surface area contributed by atoms with Gasteiger partial charge in [0.05, 0.1) is 12.1 Å². The van der Waals surface area contributed by atoms with E-state index in [1.165, 1.54) is 12.8 Å². The van der Waals surface area contributed by atoms with E-state index in [0.29, 0.717) is 24.2 Å². The van der Waals surface area contributed by atoms with Crippen molar-refractivity contribution in [2.24, 2.45) is 0 Å². The minimum atomic E-state index is -0.388. The summed E-state index contributed by atoms with van der Waals surface area (Å²) in [6.07, 6.45) is 4.59. The molecule has 4 atom stereocenters. The predicted octanol–water partition coefficient (Wildman–Crippen LogP) is 1.89. The Balaban J connectivity index is 1.78. The number of hydrogen-bond acceptors (Lipinski definition) is 3. The van der Waals surface area contributed by atoms with Crippen molar-refractivity contribution in [2.75, 3.05) is 0 Å². The maximum absolute atomic E-state index is 12.3. The first-order valence-electron chi connectivity index (χ1n) is 6.73. The fraction of sp³-hybridized carbons (Fsp3) is 0.923. The molecule has 0 aromatic carbocycles. The van der Waals surface area contributed by atoms with Crippen molar-refractivity contribution < 1.29 is 9.53 Å². The number of rotatable bonds is 0. The number of nitrogens with zero attached hydrogens (tertiary/aromatic N) is 1. The Morgan fingerprint density at radius 1 is 1.12 bits per heavy atom. The topological polar surface area (TPSA) is 41.6 Å². The summed E-state index contributed by atoms with van der Waals surface area (Å²) in [5, 5.41) is 3.65. The number of hydrogen-bond donors (Lipinski definition) is 1. The number of nitrogens with one attached hydrogen (secondary N) is 1. The van der Waals surface area contributed by atoms with Gasteiger partial charge in [-0.15, -0.1) is 0 Å². The van der Waals surface area contributed by atoms with Crippen LogP contribution >= 0.6 is 0 Å². The van der Waals surface area contributed by atoms with Gasteiger partial charge in [-0.25, -0.2) is 4.79 Å². The van der Waals surface area contributed by atoms with Crippen molar-refractivity contribution in [3.63, 3.8) is 0 Å². The molecule has 3 aliphatic rings. The van der Waals surface area contributed by atoms with E-state index in [4.69, 9.17) is 4.74 Å². The standard InChI is InChI=1S/C13H22N2O2/c1-13(2,3)17-12(16)15-10-6-7-11(15)9-5-4-8(10)14-9/h8-11,14H,4-7H2,1-3H3/t8-,9+,10-,11+. The van der Waals surface area contributed by atoms with E-state index in [2.05, 4.69) is 5.32 Å². The van der Waals surface area contributed by atoms with Crippen LogP contribution in [0.3, 0.4) is 0 Å². The van der Waals surface area contributed by atoms with Crippen molar-refractivity contribution in [3.8, 4) is 0 Å². The average molecular weight is 238 g/mol. The molecule has 96 valence electrons. The molecule has 3 saturated heterocycles. The third-order valence-electron chi connectivity index (χ3n) is 4.22. The Morgan fingerprint density at radius 2 is 1.65 bits per heavy atom. The van der Waals surface area contributed by atoms with Gasteiger partial charge >= 0.3 is 6.09 Å². The molecule has 17 heavy (non-hydrogen) atoms. The molecule has 0 aliphatic carbocycles. The molecule has 1 amide bonds. The van der Waals surface area contributed by atoms with Gasteiger partial charge in [0.15, 0.2) is 0 Å². The Labute approximate surface area is 103 Å². The molecule has 0 radical (unpaired) electrons. The van der Waals surface area contributed by atoms with Crippen LogP contribution < -0.4 is 5.32 Å². The van der Waals surface area contributed by atoms with E-state index >= 15 is 0 Å². The van der Waals surface area contributed by atoms with Gasteiger partial charge in [-0.05, 0) is 46.5 Å². The monoisotopic (exact) mass is 238 g/mol. The van der Waals surface area contributed by atoms with Gasteiger partial charge in [0.1, 0.15) is 5.60 Å². The number of amides is 1. The van der Waals surface area contributed by atoms with Crippen LogP contribution in [0.25, 0.3) is 0 Å². The SMILES string of the molecule is CC(C)(C)OC(=O)N1[C@@H]2CC[C@H]1[C@@H]1CC[C@H]2N1. The van der Waals surface area contributed by atoms with Crippen LogP contribution in [0.1, 0.15) is 46.5 Å². The summed E-state index contributed by atoms with van der Waals surface area (Å²) in [7, 11) is 0. The Bertz CT molecular complexity index is 319. The van der Waals surface area contributed by atoms with Gasteiger partial charge in [-0.1, -0.05) is 0 Å². The lowest BCUT2D eigenvalue weighted by Gasteiger charge is -2.40. The first-order chi connectivity index (χ1) is 7.96. The summed E-state index contributed by atoms with van der Waals surface area (Å²) in [6.45, 7) is 5.80. The highest BCUT2D eigenvalue weighted by Crippen LogP contribution is 2.40. The Hall–Kier alpha value is -0.770. The van der Waals surface area contributed by atoms with Crippen LogP contribution in [0, 0.1) is 0 Å². The molecule has 1 N–H and O–H groups in total. The third kappa shape index (κ3) is 1.82. The lowest BCUT2D eigenvalue weighted by molar-refractivity contribution is 0.00312. The van der Waals surface area contributed by atoms with Gasteiger partial charge in [0.2, 0.25) is 0 Å². The highest BCUT2D eigenvalue weighted by molar-refractivity contribution is 5.70. The summed E-state index contributed by atoms with van der Waals surface area (Å²) >= 11 is 0. The van der Waals surface area contributed by atoms with Crippen molar-refractivity contribution in [1.82, 2.24) is 10.2 Å².